The van der Waals surface area contributed by atoms with Gasteiger partial charge in [-0.3, -0.25) is 0 Å². The highest BCUT2D eigenvalue weighted by Crippen LogP contribution is 2.23. The number of hydrogen-bond acceptors (Lipinski definition) is 2. The van der Waals surface area contributed by atoms with Crippen LogP contribution >= 0.6 is 11.6 Å². The van der Waals surface area contributed by atoms with Gasteiger partial charge in [-0.15, -0.1) is 0 Å². The molecule has 3 rings (SSSR count). The SMILES string of the molecule is O=C(O)c1ccc(Cl)cc1-n1cc(-c2ccccc2)cn1. The van der Waals surface area contributed by atoms with E-state index in [4.69, 9.17) is 11.6 Å². The second-order valence-corrected chi connectivity index (χ2v) is 4.94. The van der Waals surface area contributed by atoms with E-state index in [0.29, 0.717) is 10.7 Å². The Morgan fingerprint density at radius 3 is 2.57 bits per heavy atom. The molecule has 3 aromatic rings. The number of carboxylic acid groups (broad SMARTS) is 1. The molecule has 0 amide bonds. The molecule has 0 bridgehead atoms. The maximum absolute atomic E-state index is 11.3. The fourth-order valence-corrected chi connectivity index (χ4v) is 2.28. The van der Waals surface area contributed by atoms with Crippen molar-refractivity contribution >= 4 is 17.6 Å². The van der Waals surface area contributed by atoms with Gasteiger partial charge in [0.1, 0.15) is 0 Å². The molecular formula is C16H11ClN2O2. The van der Waals surface area contributed by atoms with Crippen molar-refractivity contribution in [1.82, 2.24) is 9.78 Å². The Bertz CT molecular complexity index is 797. The monoisotopic (exact) mass is 298 g/mol. The van der Waals surface area contributed by atoms with E-state index in [9.17, 15) is 9.90 Å². The standard InChI is InChI=1S/C16H11ClN2O2/c17-13-6-7-14(16(20)21)15(8-13)19-10-12(9-18-19)11-4-2-1-3-5-11/h1-10H,(H,20,21). The van der Waals surface area contributed by atoms with E-state index in [-0.39, 0.29) is 5.56 Å². The molecule has 104 valence electrons. The summed E-state index contributed by atoms with van der Waals surface area (Å²) in [6.45, 7) is 0. The molecule has 0 unspecified atom stereocenters. The van der Waals surface area contributed by atoms with Gasteiger partial charge in [0.25, 0.3) is 0 Å². The predicted octanol–water partition coefficient (Wildman–Crippen LogP) is 3.89. The number of hydrogen-bond donors (Lipinski definition) is 1. The number of nitrogens with zero attached hydrogens (tertiary/aromatic N) is 2. The molecule has 2 aromatic carbocycles. The zero-order valence-electron chi connectivity index (χ0n) is 10.9. The molecule has 21 heavy (non-hydrogen) atoms. The van der Waals surface area contributed by atoms with Crippen LogP contribution in [0.5, 0.6) is 0 Å². The number of carbonyl (C=O) groups is 1. The molecule has 0 fully saturated rings. The molecule has 0 aliphatic carbocycles. The summed E-state index contributed by atoms with van der Waals surface area (Å²) in [6.07, 6.45) is 3.48. The summed E-state index contributed by atoms with van der Waals surface area (Å²) in [5.41, 5.74) is 2.52. The average molecular weight is 299 g/mol. The highest BCUT2D eigenvalue weighted by molar-refractivity contribution is 6.30. The summed E-state index contributed by atoms with van der Waals surface area (Å²) in [6, 6.07) is 14.4. The lowest BCUT2D eigenvalue weighted by Crippen LogP contribution is -2.05. The van der Waals surface area contributed by atoms with E-state index in [2.05, 4.69) is 5.10 Å². The van der Waals surface area contributed by atoms with Gasteiger partial charge < -0.3 is 5.11 Å². The molecule has 1 aromatic heterocycles. The van der Waals surface area contributed by atoms with Gasteiger partial charge in [0.2, 0.25) is 0 Å². The first-order valence-corrected chi connectivity index (χ1v) is 6.66. The van der Waals surface area contributed by atoms with Crippen molar-refractivity contribution in [3.05, 3.63) is 71.5 Å². The Hall–Kier alpha value is -2.59. The summed E-state index contributed by atoms with van der Waals surface area (Å²) in [5, 5.41) is 14.0. The van der Waals surface area contributed by atoms with Crippen molar-refractivity contribution in [3.63, 3.8) is 0 Å². The van der Waals surface area contributed by atoms with Crippen molar-refractivity contribution in [1.29, 1.82) is 0 Å². The first kappa shape index (κ1) is 13.4. The van der Waals surface area contributed by atoms with Crippen LogP contribution in [0, 0.1) is 0 Å². The van der Waals surface area contributed by atoms with Crippen molar-refractivity contribution in [2.24, 2.45) is 0 Å². The van der Waals surface area contributed by atoms with Gasteiger partial charge in [-0.25, -0.2) is 9.48 Å². The molecule has 0 atom stereocenters. The summed E-state index contributed by atoms with van der Waals surface area (Å²) in [7, 11) is 0. The van der Waals surface area contributed by atoms with Gasteiger partial charge in [0.15, 0.2) is 0 Å². The van der Waals surface area contributed by atoms with Crippen LogP contribution in [-0.2, 0) is 0 Å². The Balaban J connectivity index is 2.08. The third-order valence-electron chi connectivity index (χ3n) is 3.13. The van der Waals surface area contributed by atoms with Gasteiger partial charge in [-0.2, -0.15) is 5.10 Å². The van der Waals surface area contributed by atoms with Crippen molar-refractivity contribution in [2.45, 2.75) is 0 Å². The fourth-order valence-electron chi connectivity index (χ4n) is 2.11. The molecule has 0 radical (unpaired) electrons. The van der Waals surface area contributed by atoms with Crippen LogP contribution in [-0.4, -0.2) is 20.9 Å². The number of benzene rings is 2. The average Bonchev–Trinajstić information content (AvgIpc) is 2.97. The topological polar surface area (TPSA) is 55.1 Å². The van der Waals surface area contributed by atoms with E-state index in [1.165, 1.54) is 10.7 Å². The van der Waals surface area contributed by atoms with Gasteiger partial charge >= 0.3 is 5.97 Å². The highest BCUT2D eigenvalue weighted by Gasteiger charge is 2.13. The van der Waals surface area contributed by atoms with Crippen LogP contribution < -0.4 is 0 Å². The normalized spacial score (nSPS) is 10.5. The number of rotatable bonds is 3. The number of carboxylic acids is 1. The second-order valence-electron chi connectivity index (χ2n) is 4.51. The van der Waals surface area contributed by atoms with Crippen LogP contribution in [0.15, 0.2) is 60.9 Å². The molecule has 0 saturated carbocycles. The van der Waals surface area contributed by atoms with Gasteiger partial charge in [0.05, 0.1) is 17.4 Å². The predicted molar refractivity (Wildman–Crippen MR) is 81.0 cm³/mol. The zero-order chi connectivity index (χ0) is 14.8. The minimum absolute atomic E-state index is 0.155. The summed E-state index contributed by atoms with van der Waals surface area (Å²) in [4.78, 5) is 11.3. The molecule has 0 saturated heterocycles. The molecule has 1 N–H and O–H groups in total. The first-order valence-electron chi connectivity index (χ1n) is 6.28. The lowest BCUT2D eigenvalue weighted by atomic mass is 10.1. The van der Waals surface area contributed by atoms with Gasteiger partial charge in [-0.05, 0) is 23.8 Å². The minimum Gasteiger partial charge on any atom is -0.478 e. The van der Waals surface area contributed by atoms with Crippen LogP contribution in [0.2, 0.25) is 5.02 Å². The Morgan fingerprint density at radius 1 is 1.10 bits per heavy atom. The quantitative estimate of drug-likeness (QED) is 0.798. The Labute approximate surface area is 126 Å². The van der Waals surface area contributed by atoms with Crippen molar-refractivity contribution in [2.75, 3.05) is 0 Å². The Kier molecular flexibility index (Phi) is 3.46. The van der Waals surface area contributed by atoms with Gasteiger partial charge in [0, 0.05) is 16.8 Å². The third-order valence-corrected chi connectivity index (χ3v) is 3.36. The molecule has 4 nitrogen and oxygen atoms in total. The minimum atomic E-state index is -1.02. The molecule has 0 aliphatic heterocycles. The summed E-state index contributed by atoms with van der Waals surface area (Å²) in [5.74, 6) is -1.02. The second kappa shape index (κ2) is 5.42. The number of aromatic nitrogens is 2. The summed E-state index contributed by atoms with van der Waals surface area (Å²) < 4.78 is 1.53. The van der Waals surface area contributed by atoms with Crippen LogP contribution in [0.4, 0.5) is 0 Å². The van der Waals surface area contributed by atoms with Crippen LogP contribution in [0.25, 0.3) is 16.8 Å². The highest BCUT2D eigenvalue weighted by atomic mass is 35.5. The number of aromatic carboxylic acids is 1. The maximum Gasteiger partial charge on any atom is 0.337 e. The van der Waals surface area contributed by atoms with E-state index in [0.717, 1.165) is 11.1 Å². The zero-order valence-corrected chi connectivity index (χ0v) is 11.7. The number of halogens is 1. The maximum atomic E-state index is 11.3. The fraction of sp³-hybridized carbons (Fsp3) is 0. The third kappa shape index (κ3) is 2.66. The molecule has 0 aliphatic rings. The van der Waals surface area contributed by atoms with Crippen molar-refractivity contribution < 1.29 is 9.90 Å². The summed E-state index contributed by atoms with van der Waals surface area (Å²) >= 11 is 5.96. The van der Waals surface area contributed by atoms with Crippen LogP contribution in [0.1, 0.15) is 10.4 Å². The van der Waals surface area contributed by atoms with Crippen molar-refractivity contribution in [3.8, 4) is 16.8 Å². The lowest BCUT2D eigenvalue weighted by molar-refractivity contribution is 0.0696. The van der Waals surface area contributed by atoms with E-state index in [1.807, 2.05) is 30.3 Å². The lowest BCUT2D eigenvalue weighted by Gasteiger charge is -2.06. The Morgan fingerprint density at radius 2 is 1.86 bits per heavy atom. The van der Waals surface area contributed by atoms with E-state index < -0.39 is 5.97 Å². The van der Waals surface area contributed by atoms with Gasteiger partial charge in [-0.1, -0.05) is 41.9 Å². The van der Waals surface area contributed by atoms with Crippen LogP contribution in [0.3, 0.4) is 0 Å². The van der Waals surface area contributed by atoms with E-state index >= 15 is 0 Å². The molecule has 1 heterocycles. The molecule has 0 spiro atoms. The largest absolute Gasteiger partial charge is 0.478 e. The molecule has 5 heteroatoms. The van der Waals surface area contributed by atoms with E-state index in [1.54, 1.807) is 24.5 Å². The smallest absolute Gasteiger partial charge is 0.337 e. The first-order chi connectivity index (χ1) is 10.1. The molecular weight excluding hydrogens is 288 g/mol.